The van der Waals surface area contributed by atoms with Crippen molar-refractivity contribution in [2.45, 2.75) is 0 Å². The second-order valence-corrected chi connectivity index (χ2v) is 4.24. The molecule has 0 bridgehead atoms. The lowest BCUT2D eigenvalue weighted by Gasteiger charge is -2.07. The first-order chi connectivity index (χ1) is 9.65. The number of carbonyl (C=O) groups is 1. The molecule has 2 aromatic heterocycles. The molecule has 3 aromatic rings. The van der Waals surface area contributed by atoms with Crippen molar-refractivity contribution in [3.8, 4) is 11.6 Å². The molecule has 0 aliphatic carbocycles. The summed E-state index contributed by atoms with van der Waals surface area (Å²) >= 11 is 5.99. The van der Waals surface area contributed by atoms with Crippen LogP contribution in [0, 0.1) is 0 Å². The Morgan fingerprint density at radius 3 is 2.90 bits per heavy atom. The highest BCUT2D eigenvalue weighted by atomic mass is 35.5. The van der Waals surface area contributed by atoms with Gasteiger partial charge >= 0.3 is 5.97 Å². The van der Waals surface area contributed by atoms with E-state index in [9.17, 15) is 4.79 Å². The number of aromatic nitrogens is 4. The van der Waals surface area contributed by atoms with Crippen molar-refractivity contribution < 1.29 is 14.6 Å². The lowest BCUT2D eigenvalue weighted by Crippen LogP contribution is -1.97. The Labute approximate surface area is 117 Å². The van der Waals surface area contributed by atoms with Gasteiger partial charge in [-0.15, -0.1) is 0 Å². The minimum Gasteiger partial charge on any atom is -0.478 e. The number of aromatic carboxylic acids is 1. The van der Waals surface area contributed by atoms with Gasteiger partial charge in [0, 0.05) is 0 Å². The number of hydrogen-bond acceptors (Lipinski definition) is 5. The molecule has 0 aliphatic heterocycles. The fraction of sp³-hybridized carbons (Fsp3) is 0. The molecule has 1 aromatic carbocycles. The van der Waals surface area contributed by atoms with Crippen LogP contribution in [0.1, 0.15) is 10.4 Å². The summed E-state index contributed by atoms with van der Waals surface area (Å²) in [6, 6.07) is 4.18. The molecule has 8 heteroatoms. The fourth-order valence-electron chi connectivity index (χ4n) is 1.64. The Bertz CT molecular complexity index is 802. The second kappa shape index (κ2) is 4.78. The van der Waals surface area contributed by atoms with Gasteiger partial charge in [-0.3, -0.25) is 0 Å². The number of H-pyrrole nitrogens is 1. The number of aromatic amines is 1. The van der Waals surface area contributed by atoms with Crippen molar-refractivity contribution >= 4 is 28.7 Å². The van der Waals surface area contributed by atoms with Crippen molar-refractivity contribution in [1.29, 1.82) is 0 Å². The highest BCUT2D eigenvalue weighted by Crippen LogP contribution is 2.31. The zero-order chi connectivity index (χ0) is 14.1. The number of ether oxygens (including phenoxy) is 1. The second-order valence-electron chi connectivity index (χ2n) is 3.83. The number of carboxylic acids is 1. The smallest absolute Gasteiger partial charge is 0.335 e. The third-order valence-corrected chi connectivity index (χ3v) is 2.87. The predicted molar refractivity (Wildman–Crippen MR) is 70.2 cm³/mol. The Morgan fingerprint density at radius 1 is 1.30 bits per heavy atom. The van der Waals surface area contributed by atoms with Gasteiger partial charge in [-0.05, 0) is 18.2 Å². The molecule has 0 fully saturated rings. The predicted octanol–water partition coefficient (Wildman–Crippen LogP) is 2.50. The van der Waals surface area contributed by atoms with E-state index in [1.807, 2.05) is 0 Å². The van der Waals surface area contributed by atoms with E-state index in [0.717, 1.165) is 0 Å². The molecule has 3 rings (SSSR count). The lowest BCUT2D eigenvalue weighted by atomic mass is 10.2. The van der Waals surface area contributed by atoms with Crippen LogP contribution >= 0.6 is 11.6 Å². The monoisotopic (exact) mass is 290 g/mol. The van der Waals surface area contributed by atoms with Gasteiger partial charge in [0.25, 0.3) is 0 Å². The SMILES string of the molecule is O=C(O)c1ccc(Oc2ncnc3nc[nH]c23)c(Cl)c1. The molecule has 2 N–H and O–H groups in total. The molecule has 0 saturated carbocycles. The number of imidazole rings is 1. The molecule has 20 heavy (non-hydrogen) atoms. The fourth-order valence-corrected chi connectivity index (χ4v) is 1.86. The molecule has 0 aliphatic rings. The number of rotatable bonds is 3. The van der Waals surface area contributed by atoms with Crippen LogP contribution in [-0.4, -0.2) is 31.0 Å². The molecule has 0 unspecified atom stereocenters. The summed E-state index contributed by atoms with van der Waals surface area (Å²) in [6.07, 6.45) is 2.79. The number of hydrogen-bond donors (Lipinski definition) is 2. The summed E-state index contributed by atoms with van der Waals surface area (Å²) in [5.41, 5.74) is 1.08. The molecule has 0 radical (unpaired) electrons. The van der Waals surface area contributed by atoms with Gasteiger partial charge < -0.3 is 14.8 Å². The molecule has 7 nitrogen and oxygen atoms in total. The first-order valence-electron chi connectivity index (χ1n) is 5.50. The number of nitrogens with zero attached hydrogens (tertiary/aromatic N) is 3. The van der Waals surface area contributed by atoms with Gasteiger partial charge in [0.1, 0.15) is 17.6 Å². The van der Waals surface area contributed by atoms with E-state index < -0.39 is 5.97 Å². The van der Waals surface area contributed by atoms with E-state index in [0.29, 0.717) is 16.9 Å². The average Bonchev–Trinajstić information content (AvgIpc) is 2.90. The zero-order valence-electron chi connectivity index (χ0n) is 9.87. The number of fused-ring (bicyclic) bond motifs is 1. The van der Waals surface area contributed by atoms with Crippen LogP contribution in [0.2, 0.25) is 5.02 Å². The van der Waals surface area contributed by atoms with Gasteiger partial charge in [-0.1, -0.05) is 11.6 Å². The maximum absolute atomic E-state index is 10.8. The van der Waals surface area contributed by atoms with Crippen LogP contribution in [0.15, 0.2) is 30.9 Å². The largest absolute Gasteiger partial charge is 0.478 e. The Morgan fingerprint density at radius 2 is 2.15 bits per heavy atom. The zero-order valence-corrected chi connectivity index (χ0v) is 10.6. The number of halogens is 1. The van der Waals surface area contributed by atoms with Crippen LogP contribution in [0.25, 0.3) is 11.2 Å². The van der Waals surface area contributed by atoms with E-state index in [4.69, 9.17) is 21.4 Å². The molecule has 2 heterocycles. The minimum absolute atomic E-state index is 0.0803. The molecule has 0 spiro atoms. The van der Waals surface area contributed by atoms with Gasteiger partial charge in [0.05, 0.1) is 16.9 Å². The Balaban J connectivity index is 1.99. The maximum Gasteiger partial charge on any atom is 0.335 e. The van der Waals surface area contributed by atoms with Crippen LogP contribution in [0.3, 0.4) is 0 Å². The van der Waals surface area contributed by atoms with E-state index in [1.165, 1.54) is 30.9 Å². The maximum atomic E-state index is 10.8. The third-order valence-electron chi connectivity index (χ3n) is 2.57. The lowest BCUT2D eigenvalue weighted by molar-refractivity contribution is 0.0697. The summed E-state index contributed by atoms with van der Waals surface area (Å²) in [7, 11) is 0. The van der Waals surface area contributed by atoms with Crippen LogP contribution in [-0.2, 0) is 0 Å². The normalized spacial score (nSPS) is 10.7. The summed E-state index contributed by atoms with van der Waals surface area (Å²) in [6.45, 7) is 0. The highest BCUT2D eigenvalue weighted by molar-refractivity contribution is 6.32. The molecule has 0 saturated heterocycles. The summed E-state index contributed by atoms with van der Waals surface area (Å²) in [4.78, 5) is 25.6. The quantitative estimate of drug-likeness (QED) is 0.768. The van der Waals surface area contributed by atoms with Gasteiger partial charge in [0.2, 0.25) is 5.88 Å². The minimum atomic E-state index is -1.06. The van der Waals surface area contributed by atoms with Crippen LogP contribution in [0.4, 0.5) is 0 Å². The van der Waals surface area contributed by atoms with E-state index in [-0.39, 0.29) is 16.5 Å². The highest BCUT2D eigenvalue weighted by Gasteiger charge is 2.12. The summed E-state index contributed by atoms with van der Waals surface area (Å²) in [5, 5.41) is 9.05. The molecular weight excluding hydrogens is 284 g/mol. The van der Waals surface area contributed by atoms with Crippen molar-refractivity contribution in [1.82, 2.24) is 19.9 Å². The van der Waals surface area contributed by atoms with Crippen molar-refractivity contribution in [2.24, 2.45) is 0 Å². The van der Waals surface area contributed by atoms with E-state index in [1.54, 1.807) is 0 Å². The summed E-state index contributed by atoms with van der Waals surface area (Å²) < 4.78 is 5.57. The van der Waals surface area contributed by atoms with Crippen LogP contribution in [0.5, 0.6) is 11.6 Å². The van der Waals surface area contributed by atoms with Gasteiger partial charge in [-0.2, -0.15) is 4.98 Å². The Hall–Kier alpha value is -2.67. The molecule has 0 amide bonds. The third kappa shape index (κ3) is 2.14. The number of benzene rings is 1. The molecule has 100 valence electrons. The average molecular weight is 291 g/mol. The topological polar surface area (TPSA) is 101 Å². The standard InChI is InChI=1S/C12H7ClN4O3/c13-7-3-6(12(18)19)1-2-8(7)20-11-9-10(15-4-14-9)16-5-17-11/h1-5H,(H,18,19)(H,14,15,16,17). The van der Waals surface area contributed by atoms with Crippen molar-refractivity contribution in [3.63, 3.8) is 0 Å². The van der Waals surface area contributed by atoms with Crippen molar-refractivity contribution in [2.75, 3.05) is 0 Å². The van der Waals surface area contributed by atoms with Crippen LogP contribution < -0.4 is 4.74 Å². The molecular formula is C12H7ClN4O3. The molecule has 0 atom stereocenters. The van der Waals surface area contributed by atoms with Crippen molar-refractivity contribution in [3.05, 3.63) is 41.4 Å². The first-order valence-corrected chi connectivity index (χ1v) is 5.88. The van der Waals surface area contributed by atoms with Gasteiger partial charge in [-0.25, -0.2) is 14.8 Å². The number of nitrogens with one attached hydrogen (secondary N) is 1. The van der Waals surface area contributed by atoms with Gasteiger partial charge in [0.15, 0.2) is 5.65 Å². The first kappa shape index (κ1) is 12.4. The number of carboxylic acid groups (broad SMARTS) is 1. The van der Waals surface area contributed by atoms with E-state index in [2.05, 4.69) is 19.9 Å². The van der Waals surface area contributed by atoms with E-state index >= 15 is 0 Å². The Kier molecular flexibility index (Phi) is 2.96. The summed E-state index contributed by atoms with van der Waals surface area (Å²) in [5.74, 6) is -0.500.